The minimum atomic E-state index is -0.367. The lowest BCUT2D eigenvalue weighted by Gasteiger charge is -2.26. The van der Waals surface area contributed by atoms with Gasteiger partial charge in [0.1, 0.15) is 6.61 Å². The molecule has 0 unspecified atom stereocenters. The molecular formula is C16H22FNO2. The number of hydrogen-bond acceptors (Lipinski definition) is 2. The maximum atomic E-state index is 13.4. The first kappa shape index (κ1) is 14.8. The molecule has 0 heterocycles. The molecule has 0 aromatic heterocycles. The Bertz CT molecular complexity index is 444. The summed E-state index contributed by atoms with van der Waals surface area (Å²) in [7, 11) is 1.79. The molecule has 2 rings (SSSR count). The summed E-state index contributed by atoms with van der Waals surface area (Å²) in [5.41, 5.74) is 0. The minimum Gasteiger partial charge on any atom is -0.489 e. The van der Waals surface area contributed by atoms with Crippen LogP contribution in [0.15, 0.2) is 24.3 Å². The molecule has 1 aromatic carbocycles. The van der Waals surface area contributed by atoms with Crippen LogP contribution in [0.25, 0.3) is 0 Å². The average molecular weight is 279 g/mol. The fourth-order valence-corrected chi connectivity index (χ4v) is 2.63. The summed E-state index contributed by atoms with van der Waals surface area (Å²) in [5, 5.41) is 0. The topological polar surface area (TPSA) is 29.5 Å². The molecule has 110 valence electrons. The van der Waals surface area contributed by atoms with Gasteiger partial charge >= 0.3 is 0 Å². The molecule has 0 atom stereocenters. The van der Waals surface area contributed by atoms with E-state index in [1.165, 1.54) is 12.5 Å². The van der Waals surface area contributed by atoms with E-state index in [1.54, 1.807) is 30.1 Å². The van der Waals surface area contributed by atoms with Crippen molar-refractivity contribution in [3.63, 3.8) is 0 Å². The number of para-hydroxylation sites is 1. The van der Waals surface area contributed by atoms with Crippen molar-refractivity contribution in [3.8, 4) is 5.75 Å². The smallest absolute Gasteiger partial charge is 0.225 e. The van der Waals surface area contributed by atoms with E-state index in [-0.39, 0.29) is 23.4 Å². The van der Waals surface area contributed by atoms with Gasteiger partial charge in [0.25, 0.3) is 0 Å². The van der Waals surface area contributed by atoms with E-state index < -0.39 is 0 Å². The summed E-state index contributed by atoms with van der Waals surface area (Å²) >= 11 is 0. The van der Waals surface area contributed by atoms with Crippen molar-refractivity contribution in [3.05, 3.63) is 30.1 Å². The summed E-state index contributed by atoms with van der Waals surface area (Å²) < 4.78 is 18.7. The van der Waals surface area contributed by atoms with Gasteiger partial charge in [-0.3, -0.25) is 4.79 Å². The third kappa shape index (κ3) is 3.95. The van der Waals surface area contributed by atoms with E-state index in [0.29, 0.717) is 13.2 Å². The molecule has 4 heteroatoms. The van der Waals surface area contributed by atoms with Crippen molar-refractivity contribution in [2.45, 2.75) is 32.1 Å². The quantitative estimate of drug-likeness (QED) is 0.828. The Hall–Kier alpha value is -1.58. The van der Waals surface area contributed by atoms with Gasteiger partial charge in [0.2, 0.25) is 5.91 Å². The largest absolute Gasteiger partial charge is 0.489 e. The lowest BCUT2D eigenvalue weighted by atomic mass is 9.88. The molecule has 0 aliphatic heterocycles. The molecule has 0 N–H and O–H groups in total. The molecule has 1 aliphatic carbocycles. The first-order chi connectivity index (χ1) is 9.68. The van der Waals surface area contributed by atoms with Crippen molar-refractivity contribution in [2.75, 3.05) is 20.2 Å². The van der Waals surface area contributed by atoms with Gasteiger partial charge in [-0.2, -0.15) is 0 Å². The molecule has 1 fully saturated rings. The molecule has 1 amide bonds. The number of rotatable bonds is 5. The maximum Gasteiger partial charge on any atom is 0.225 e. The summed E-state index contributed by atoms with van der Waals surface area (Å²) in [6.07, 6.45) is 5.53. The van der Waals surface area contributed by atoms with Crippen LogP contribution in [0.2, 0.25) is 0 Å². The molecule has 0 bridgehead atoms. The summed E-state index contributed by atoms with van der Waals surface area (Å²) in [4.78, 5) is 13.9. The maximum absolute atomic E-state index is 13.4. The second kappa shape index (κ2) is 7.27. The van der Waals surface area contributed by atoms with Gasteiger partial charge in [0, 0.05) is 13.0 Å². The number of nitrogens with zero attached hydrogens (tertiary/aromatic N) is 1. The first-order valence-electron chi connectivity index (χ1n) is 7.31. The van der Waals surface area contributed by atoms with E-state index >= 15 is 0 Å². The lowest BCUT2D eigenvalue weighted by Crippen LogP contribution is -2.36. The third-order valence-corrected chi connectivity index (χ3v) is 3.85. The van der Waals surface area contributed by atoms with Crippen LogP contribution in [0, 0.1) is 11.7 Å². The van der Waals surface area contributed by atoms with Gasteiger partial charge in [-0.15, -0.1) is 0 Å². The van der Waals surface area contributed by atoms with Crippen LogP contribution in [0.5, 0.6) is 5.75 Å². The van der Waals surface area contributed by atoms with Crippen LogP contribution in [0.1, 0.15) is 32.1 Å². The second-order valence-electron chi connectivity index (χ2n) is 5.37. The van der Waals surface area contributed by atoms with Crippen molar-refractivity contribution < 1.29 is 13.9 Å². The number of amides is 1. The molecule has 0 radical (unpaired) electrons. The normalized spacial score (nSPS) is 15.9. The molecule has 1 aromatic rings. The molecule has 1 aliphatic rings. The van der Waals surface area contributed by atoms with Crippen LogP contribution in [-0.2, 0) is 4.79 Å². The average Bonchev–Trinajstić information content (AvgIpc) is 2.49. The Morgan fingerprint density at radius 2 is 2.00 bits per heavy atom. The zero-order valence-electron chi connectivity index (χ0n) is 12.0. The Morgan fingerprint density at radius 1 is 1.30 bits per heavy atom. The highest BCUT2D eigenvalue weighted by Gasteiger charge is 2.23. The van der Waals surface area contributed by atoms with Crippen molar-refractivity contribution in [1.82, 2.24) is 4.90 Å². The fourth-order valence-electron chi connectivity index (χ4n) is 2.63. The number of carbonyl (C=O) groups is 1. The van der Waals surface area contributed by atoms with Crippen LogP contribution in [-0.4, -0.2) is 31.0 Å². The minimum absolute atomic E-state index is 0.169. The standard InChI is InChI=1S/C16H22FNO2/c1-18(16(19)13-7-3-2-4-8-13)11-12-20-15-10-6-5-9-14(15)17/h5-6,9-10,13H,2-4,7-8,11-12H2,1H3. The number of ether oxygens (including phenoxy) is 1. The second-order valence-corrected chi connectivity index (χ2v) is 5.37. The number of likely N-dealkylation sites (N-methyl/N-ethyl adjacent to an activating group) is 1. The zero-order chi connectivity index (χ0) is 14.4. The van der Waals surface area contributed by atoms with Crippen molar-refractivity contribution >= 4 is 5.91 Å². The van der Waals surface area contributed by atoms with E-state index in [2.05, 4.69) is 0 Å². The van der Waals surface area contributed by atoms with Gasteiger partial charge in [-0.25, -0.2) is 4.39 Å². The van der Waals surface area contributed by atoms with Crippen LogP contribution >= 0.6 is 0 Å². The SMILES string of the molecule is CN(CCOc1ccccc1F)C(=O)C1CCCCC1. The lowest BCUT2D eigenvalue weighted by molar-refractivity contribution is -0.135. The third-order valence-electron chi connectivity index (χ3n) is 3.85. The first-order valence-corrected chi connectivity index (χ1v) is 7.31. The highest BCUT2D eigenvalue weighted by molar-refractivity contribution is 5.78. The molecule has 0 saturated heterocycles. The van der Waals surface area contributed by atoms with Gasteiger partial charge in [-0.1, -0.05) is 31.4 Å². The molecule has 3 nitrogen and oxygen atoms in total. The highest BCUT2D eigenvalue weighted by Crippen LogP contribution is 2.25. The molecule has 1 saturated carbocycles. The number of benzene rings is 1. The monoisotopic (exact) mass is 279 g/mol. The van der Waals surface area contributed by atoms with E-state index in [1.807, 2.05) is 0 Å². The van der Waals surface area contributed by atoms with Crippen molar-refractivity contribution in [1.29, 1.82) is 0 Å². The van der Waals surface area contributed by atoms with Crippen LogP contribution in [0.4, 0.5) is 4.39 Å². The Kier molecular flexibility index (Phi) is 5.39. The van der Waals surface area contributed by atoms with E-state index in [4.69, 9.17) is 4.74 Å². The fraction of sp³-hybridized carbons (Fsp3) is 0.562. The predicted molar refractivity (Wildman–Crippen MR) is 76.1 cm³/mol. The predicted octanol–water partition coefficient (Wildman–Crippen LogP) is 3.24. The van der Waals surface area contributed by atoms with Gasteiger partial charge in [0.05, 0.1) is 6.54 Å². The number of hydrogen-bond donors (Lipinski definition) is 0. The Morgan fingerprint density at radius 3 is 2.70 bits per heavy atom. The highest BCUT2D eigenvalue weighted by atomic mass is 19.1. The molecule has 20 heavy (non-hydrogen) atoms. The summed E-state index contributed by atoms with van der Waals surface area (Å²) in [5.74, 6) is 0.240. The zero-order valence-corrected chi connectivity index (χ0v) is 12.0. The van der Waals surface area contributed by atoms with E-state index in [9.17, 15) is 9.18 Å². The molecule has 0 spiro atoms. The Balaban J connectivity index is 1.75. The van der Waals surface area contributed by atoms with Gasteiger partial charge in [-0.05, 0) is 25.0 Å². The van der Waals surface area contributed by atoms with Gasteiger partial charge in [0.15, 0.2) is 11.6 Å². The molecular weight excluding hydrogens is 257 g/mol. The van der Waals surface area contributed by atoms with Crippen LogP contribution < -0.4 is 4.74 Å². The van der Waals surface area contributed by atoms with E-state index in [0.717, 1.165) is 25.7 Å². The van der Waals surface area contributed by atoms with Crippen LogP contribution in [0.3, 0.4) is 0 Å². The number of carbonyl (C=O) groups excluding carboxylic acids is 1. The Labute approximate surface area is 119 Å². The summed E-state index contributed by atoms with van der Waals surface area (Å²) in [6.45, 7) is 0.805. The summed E-state index contributed by atoms with van der Waals surface area (Å²) in [6, 6.07) is 6.32. The van der Waals surface area contributed by atoms with Gasteiger partial charge < -0.3 is 9.64 Å². The van der Waals surface area contributed by atoms with Crippen molar-refractivity contribution in [2.24, 2.45) is 5.92 Å². The number of halogens is 1.